The van der Waals surface area contributed by atoms with Crippen molar-refractivity contribution in [2.24, 2.45) is 0 Å². The van der Waals surface area contributed by atoms with Gasteiger partial charge in [0.2, 0.25) is 5.28 Å². The van der Waals surface area contributed by atoms with Gasteiger partial charge in [-0.3, -0.25) is 0 Å². The second kappa shape index (κ2) is 10.0. The predicted molar refractivity (Wildman–Crippen MR) is 121 cm³/mol. The van der Waals surface area contributed by atoms with Crippen LogP contribution in [-0.2, 0) is 13.1 Å². The maximum Gasteiger partial charge on any atom is 0.226 e. The first kappa shape index (κ1) is 20.8. The van der Waals surface area contributed by atoms with Crippen molar-refractivity contribution in [1.82, 2.24) is 19.5 Å². The van der Waals surface area contributed by atoms with E-state index in [1.165, 1.54) is 11.1 Å². The minimum atomic E-state index is 0.224. The highest BCUT2D eigenvalue weighted by Gasteiger charge is 2.12. The fraction of sp³-hybridized carbons (Fsp3) is 0.261. The highest BCUT2D eigenvalue weighted by atomic mass is 35.5. The molecule has 0 bridgehead atoms. The van der Waals surface area contributed by atoms with Gasteiger partial charge in [0.1, 0.15) is 0 Å². The molecule has 6 heteroatoms. The van der Waals surface area contributed by atoms with Crippen molar-refractivity contribution in [1.29, 1.82) is 0 Å². The molecule has 0 unspecified atom stereocenters. The molecule has 0 atom stereocenters. The Balaban J connectivity index is 0.00000117. The Labute approximate surface area is 176 Å². The number of nitrogens with one attached hydrogen (secondary N) is 1. The summed E-state index contributed by atoms with van der Waals surface area (Å²) in [5.74, 6) is 0.659. The molecule has 2 aromatic carbocycles. The molecule has 4 rings (SSSR count). The van der Waals surface area contributed by atoms with Crippen LogP contribution in [0.2, 0.25) is 5.28 Å². The van der Waals surface area contributed by atoms with Gasteiger partial charge in [0.15, 0.2) is 17.0 Å². The van der Waals surface area contributed by atoms with Crippen molar-refractivity contribution in [2.45, 2.75) is 40.3 Å². The molecule has 0 saturated heterocycles. The molecule has 150 valence electrons. The van der Waals surface area contributed by atoms with Crippen molar-refractivity contribution in [3.63, 3.8) is 0 Å². The van der Waals surface area contributed by atoms with Crippen molar-refractivity contribution < 1.29 is 0 Å². The number of benzene rings is 2. The van der Waals surface area contributed by atoms with Crippen LogP contribution < -0.4 is 5.32 Å². The van der Waals surface area contributed by atoms with Gasteiger partial charge in [-0.2, -0.15) is 9.97 Å². The number of hydrogen-bond acceptors (Lipinski definition) is 4. The van der Waals surface area contributed by atoms with Crippen molar-refractivity contribution in [2.75, 3.05) is 5.32 Å². The molecule has 0 saturated carbocycles. The van der Waals surface area contributed by atoms with E-state index in [4.69, 9.17) is 11.6 Å². The lowest BCUT2D eigenvalue weighted by Gasteiger charge is -2.08. The number of aromatic nitrogens is 4. The minimum absolute atomic E-state index is 0.224. The number of nitrogens with zero attached hydrogens (tertiary/aromatic N) is 4. The standard InChI is InChI=1S/C21H20ClN5.C2H6/c1-2-12-27-14-24-18-19(25-21(22)26-20(18)27)23-13-15-8-10-17(11-9-15)16-6-4-3-5-7-16;1-2/h3-11,14H,2,12-13H2,1H3,(H,23,25,26);1-2H3. The highest BCUT2D eigenvalue weighted by molar-refractivity contribution is 6.28. The van der Waals surface area contributed by atoms with Crippen molar-refractivity contribution in [3.8, 4) is 11.1 Å². The number of hydrogen-bond donors (Lipinski definition) is 1. The molecule has 0 fully saturated rings. The van der Waals surface area contributed by atoms with E-state index in [1.807, 2.05) is 36.6 Å². The Bertz CT molecular complexity index is 1040. The van der Waals surface area contributed by atoms with Gasteiger partial charge in [0, 0.05) is 13.1 Å². The third-order valence-corrected chi connectivity index (χ3v) is 4.59. The molecule has 0 aliphatic rings. The van der Waals surface area contributed by atoms with E-state index in [2.05, 4.69) is 63.6 Å². The van der Waals surface area contributed by atoms with Crippen LogP contribution in [0.3, 0.4) is 0 Å². The van der Waals surface area contributed by atoms with Crippen LogP contribution in [0.1, 0.15) is 32.8 Å². The van der Waals surface area contributed by atoms with E-state index >= 15 is 0 Å². The van der Waals surface area contributed by atoms with Crippen molar-refractivity contribution in [3.05, 3.63) is 71.8 Å². The van der Waals surface area contributed by atoms with Crippen LogP contribution in [0.4, 0.5) is 5.82 Å². The molecule has 2 heterocycles. The van der Waals surface area contributed by atoms with Gasteiger partial charge in [-0.1, -0.05) is 75.4 Å². The summed E-state index contributed by atoms with van der Waals surface area (Å²) in [5.41, 5.74) is 5.07. The Hall–Kier alpha value is -2.92. The van der Waals surface area contributed by atoms with Crippen LogP contribution in [0.25, 0.3) is 22.3 Å². The number of fused-ring (bicyclic) bond motifs is 1. The van der Waals surface area contributed by atoms with Gasteiger partial charge in [-0.25, -0.2) is 4.98 Å². The fourth-order valence-electron chi connectivity index (χ4n) is 3.08. The predicted octanol–water partition coefficient (Wildman–Crippen LogP) is 6.20. The minimum Gasteiger partial charge on any atom is -0.364 e. The van der Waals surface area contributed by atoms with E-state index in [1.54, 1.807) is 6.33 Å². The first-order valence-corrected chi connectivity index (χ1v) is 10.4. The van der Waals surface area contributed by atoms with Gasteiger partial charge >= 0.3 is 0 Å². The average molecular weight is 408 g/mol. The van der Waals surface area contributed by atoms with Crippen LogP contribution in [0.5, 0.6) is 0 Å². The Morgan fingerprint density at radius 3 is 2.31 bits per heavy atom. The second-order valence-electron chi connectivity index (χ2n) is 6.37. The van der Waals surface area contributed by atoms with Gasteiger partial charge in [-0.05, 0) is 34.7 Å². The quantitative estimate of drug-likeness (QED) is 0.387. The zero-order valence-corrected chi connectivity index (χ0v) is 17.8. The summed E-state index contributed by atoms with van der Waals surface area (Å²) in [6, 6.07) is 18.8. The van der Waals surface area contributed by atoms with Crippen molar-refractivity contribution >= 4 is 28.6 Å². The molecule has 29 heavy (non-hydrogen) atoms. The lowest BCUT2D eigenvalue weighted by molar-refractivity contribution is 0.691. The van der Waals surface area contributed by atoms with Crippen LogP contribution in [0, 0.1) is 0 Å². The summed E-state index contributed by atoms with van der Waals surface area (Å²) in [6.45, 7) is 7.61. The molecule has 0 aliphatic carbocycles. The third-order valence-electron chi connectivity index (χ3n) is 4.42. The van der Waals surface area contributed by atoms with E-state index < -0.39 is 0 Å². The number of imidazole rings is 1. The van der Waals surface area contributed by atoms with E-state index in [9.17, 15) is 0 Å². The summed E-state index contributed by atoms with van der Waals surface area (Å²) >= 11 is 6.12. The van der Waals surface area contributed by atoms with E-state index in [0.717, 1.165) is 29.7 Å². The number of halogens is 1. The summed E-state index contributed by atoms with van der Waals surface area (Å²) in [7, 11) is 0. The first-order chi connectivity index (χ1) is 14.2. The molecule has 4 aromatic rings. The second-order valence-corrected chi connectivity index (χ2v) is 6.71. The lowest BCUT2D eigenvalue weighted by atomic mass is 10.0. The number of rotatable bonds is 6. The average Bonchev–Trinajstić information content (AvgIpc) is 3.17. The molecule has 5 nitrogen and oxygen atoms in total. The zero-order chi connectivity index (χ0) is 20.6. The normalized spacial score (nSPS) is 10.5. The largest absolute Gasteiger partial charge is 0.364 e. The Kier molecular flexibility index (Phi) is 7.19. The smallest absolute Gasteiger partial charge is 0.226 e. The molecule has 0 aliphatic heterocycles. The number of aryl methyl sites for hydroxylation is 1. The third kappa shape index (κ3) is 4.93. The van der Waals surface area contributed by atoms with Gasteiger partial charge in [0.05, 0.1) is 6.33 Å². The molecular formula is C23H26ClN5. The maximum absolute atomic E-state index is 6.12. The summed E-state index contributed by atoms with van der Waals surface area (Å²) < 4.78 is 2.00. The molecule has 0 spiro atoms. The molecule has 0 amide bonds. The number of anilines is 1. The zero-order valence-electron chi connectivity index (χ0n) is 17.1. The highest BCUT2D eigenvalue weighted by Crippen LogP contribution is 2.23. The monoisotopic (exact) mass is 407 g/mol. The van der Waals surface area contributed by atoms with Crippen LogP contribution in [0.15, 0.2) is 60.9 Å². The fourth-order valence-corrected chi connectivity index (χ4v) is 3.24. The molecule has 0 radical (unpaired) electrons. The Morgan fingerprint density at radius 2 is 1.62 bits per heavy atom. The molecular weight excluding hydrogens is 382 g/mol. The van der Waals surface area contributed by atoms with Gasteiger partial charge in [-0.15, -0.1) is 0 Å². The lowest BCUT2D eigenvalue weighted by Crippen LogP contribution is -2.04. The first-order valence-electron chi connectivity index (χ1n) is 10.0. The molecule has 1 N–H and O–H groups in total. The topological polar surface area (TPSA) is 55.6 Å². The van der Waals surface area contributed by atoms with E-state index in [-0.39, 0.29) is 5.28 Å². The van der Waals surface area contributed by atoms with Gasteiger partial charge < -0.3 is 9.88 Å². The summed E-state index contributed by atoms with van der Waals surface area (Å²) in [6.07, 6.45) is 2.79. The van der Waals surface area contributed by atoms with Crippen LogP contribution >= 0.6 is 11.6 Å². The van der Waals surface area contributed by atoms with Gasteiger partial charge in [0.25, 0.3) is 0 Å². The van der Waals surface area contributed by atoms with Crippen LogP contribution in [-0.4, -0.2) is 19.5 Å². The van der Waals surface area contributed by atoms with E-state index in [0.29, 0.717) is 12.4 Å². The molecule has 2 aromatic heterocycles. The summed E-state index contributed by atoms with van der Waals surface area (Å²) in [4.78, 5) is 13.1. The Morgan fingerprint density at radius 1 is 0.931 bits per heavy atom. The summed E-state index contributed by atoms with van der Waals surface area (Å²) in [5, 5.41) is 3.57. The maximum atomic E-state index is 6.12. The SMILES string of the molecule is CC.CCCn1cnc2c(NCc3ccc(-c4ccccc4)cc3)nc(Cl)nc21.